The lowest BCUT2D eigenvalue weighted by molar-refractivity contribution is 0.0834. The molecule has 7 heteroatoms. The highest BCUT2D eigenvalue weighted by molar-refractivity contribution is 9.10. The summed E-state index contributed by atoms with van der Waals surface area (Å²) in [5.41, 5.74) is 2.98. The fraction of sp³-hybridized carbons (Fsp3) is 0.429. The van der Waals surface area contributed by atoms with E-state index in [0.717, 1.165) is 15.7 Å². The average Bonchev–Trinajstić information content (AvgIpc) is 2.75. The molecule has 0 unspecified atom stereocenters. The van der Waals surface area contributed by atoms with Gasteiger partial charge in [0.2, 0.25) is 0 Å². The van der Waals surface area contributed by atoms with Crippen molar-refractivity contribution < 1.29 is 14.6 Å². The Hall–Kier alpha value is -1.44. The number of amides is 1. The van der Waals surface area contributed by atoms with Gasteiger partial charge in [-0.1, -0.05) is 0 Å². The van der Waals surface area contributed by atoms with Gasteiger partial charge in [0.05, 0.1) is 25.5 Å². The molecule has 2 aromatic rings. The van der Waals surface area contributed by atoms with E-state index in [1.165, 1.54) is 0 Å². The van der Waals surface area contributed by atoms with Crippen molar-refractivity contribution >= 4 is 27.5 Å². The highest BCUT2D eigenvalue weighted by Crippen LogP contribution is 2.20. The van der Waals surface area contributed by atoms with Gasteiger partial charge >= 0.3 is 0 Å². The molecule has 0 bridgehead atoms. The van der Waals surface area contributed by atoms with E-state index in [9.17, 15) is 4.79 Å². The lowest BCUT2D eigenvalue weighted by Crippen LogP contribution is -2.29. The third-order valence-electron chi connectivity index (χ3n) is 3.03. The van der Waals surface area contributed by atoms with Gasteiger partial charge in [-0.15, -0.1) is 0 Å². The Kier molecular flexibility index (Phi) is 5.33. The maximum Gasteiger partial charge on any atom is 0.270 e. The minimum absolute atomic E-state index is 0.0202. The van der Waals surface area contributed by atoms with E-state index >= 15 is 0 Å². The van der Waals surface area contributed by atoms with Crippen molar-refractivity contribution in [2.24, 2.45) is 0 Å². The fourth-order valence-corrected chi connectivity index (χ4v) is 2.69. The van der Waals surface area contributed by atoms with Crippen LogP contribution in [0.1, 0.15) is 21.7 Å². The Morgan fingerprint density at radius 2 is 2.24 bits per heavy atom. The van der Waals surface area contributed by atoms with Gasteiger partial charge in [0.1, 0.15) is 11.3 Å². The number of carbonyl (C=O) groups is 1. The van der Waals surface area contributed by atoms with Gasteiger partial charge in [-0.25, -0.2) is 4.98 Å². The SMILES string of the molecule is Cc1nc2c(C)cc(Br)cn2c1C(=O)NCCOCCO. The molecule has 0 spiro atoms. The first-order valence-corrected chi connectivity index (χ1v) is 7.45. The Labute approximate surface area is 131 Å². The summed E-state index contributed by atoms with van der Waals surface area (Å²) >= 11 is 3.43. The van der Waals surface area contributed by atoms with Crippen LogP contribution in [-0.2, 0) is 4.74 Å². The summed E-state index contributed by atoms with van der Waals surface area (Å²) in [6, 6.07) is 1.96. The van der Waals surface area contributed by atoms with Crippen LogP contribution < -0.4 is 5.32 Å². The molecular weight excluding hydrogens is 338 g/mol. The van der Waals surface area contributed by atoms with E-state index in [2.05, 4.69) is 26.2 Å². The second kappa shape index (κ2) is 7.02. The molecule has 114 valence electrons. The van der Waals surface area contributed by atoms with E-state index in [4.69, 9.17) is 9.84 Å². The fourth-order valence-electron chi connectivity index (χ4n) is 2.14. The Balaban J connectivity index is 2.17. The van der Waals surface area contributed by atoms with Crippen molar-refractivity contribution in [3.63, 3.8) is 0 Å². The van der Waals surface area contributed by atoms with Crippen LogP contribution in [0.25, 0.3) is 5.65 Å². The maximum atomic E-state index is 12.3. The number of hydrogen-bond acceptors (Lipinski definition) is 4. The van der Waals surface area contributed by atoms with Crippen LogP contribution in [0.5, 0.6) is 0 Å². The first kappa shape index (κ1) is 15.9. The number of nitrogens with one attached hydrogen (secondary N) is 1. The molecule has 0 saturated carbocycles. The highest BCUT2D eigenvalue weighted by atomic mass is 79.9. The Morgan fingerprint density at radius 3 is 2.95 bits per heavy atom. The zero-order chi connectivity index (χ0) is 15.4. The number of aromatic nitrogens is 2. The van der Waals surface area contributed by atoms with Crippen molar-refractivity contribution in [2.75, 3.05) is 26.4 Å². The van der Waals surface area contributed by atoms with Crippen LogP contribution in [-0.4, -0.2) is 46.8 Å². The number of hydrogen-bond donors (Lipinski definition) is 2. The van der Waals surface area contributed by atoms with Gasteiger partial charge in [0, 0.05) is 17.2 Å². The summed E-state index contributed by atoms with van der Waals surface area (Å²) < 4.78 is 7.80. The molecule has 2 N–H and O–H groups in total. The van der Waals surface area contributed by atoms with Crippen LogP contribution in [0.3, 0.4) is 0 Å². The van der Waals surface area contributed by atoms with E-state index in [1.807, 2.05) is 26.1 Å². The van der Waals surface area contributed by atoms with E-state index in [1.54, 1.807) is 4.40 Å². The van der Waals surface area contributed by atoms with Gasteiger partial charge in [-0.05, 0) is 41.4 Å². The average molecular weight is 356 g/mol. The number of halogens is 1. The van der Waals surface area contributed by atoms with Crippen molar-refractivity contribution in [1.29, 1.82) is 0 Å². The quantitative estimate of drug-likeness (QED) is 0.769. The predicted molar refractivity (Wildman–Crippen MR) is 82.6 cm³/mol. The van der Waals surface area contributed by atoms with Gasteiger partial charge in [0.25, 0.3) is 5.91 Å². The summed E-state index contributed by atoms with van der Waals surface area (Å²) in [6.07, 6.45) is 1.83. The third kappa shape index (κ3) is 3.61. The molecule has 0 aromatic carbocycles. The van der Waals surface area contributed by atoms with Crippen molar-refractivity contribution in [3.05, 3.63) is 33.7 Å². The molecule has 1 amide bonds. The summed E-state index contributed by atoms with van der Waals surface area (Å²) in [7, 11) is 0. The number of aliphatic hydroxyl groups excluding tert-OH is 1. The van der Waals surface area contributed by atoms with Crippen LogP contribution in [0.2, 0.25) is 0 Å². The molecule has 2 rings (SSSR count). The zero-order valence-electron chi connectivity index (χ0n) is 12.0. The van der Waals surface area contributed by atoms with E-state index in [0.29, 0.717) is 24.5 Å². The van der Waals surface area contributed by atoms with Crippen LogP contribution in [0.4, 0.5) is 0 Å². The number of aliphatic hydroxyl groups is 1. The molecule has 0 aliphatic rings. The molecule has 0 saturated heterocycles. The topological polar surface area (TPSA) is 75.9 Å². The molecule has 0 atom stereocenters. The minimum Gasteiger partial charge on any atom is -0.394 e. The number of nitrogens with zero attached hydrogens (tertiary/aromatic N) is 2. The highest BCUT2D eigenvalue weighted by Gasteiger charge is 2.17. The molecule has 0 aliphatic carbocycles. The van der Waals surface area contributed by atoms with Gasteiger partial charge in [-0.3, -0.25) is 9.20 Å². The van der Waals surface area contributed by atoms with Gasteiger partial charge in [-0.2, -0.15) is 0 Å². The first-order chi connectivity index (χ1) is 10.0. The minimum atomic E-state index is -0.190. The molecule has 0 radical (unpaired) electrons. The second-order valence-corrected chi connectivity index (χ2v) is 5.59. The van der Waals surface area contributed by atoms with E-state index < -0.39 is 0 Å². The van der Waals surface area contributed by atoms with E-state index in [-0.39, 0.29) is 19.1 Å². The molecule has 2 aromatic heterocycles. The number of ether oxygens (including phenoxy) is 1. The van der Waals surface area contributed by atoms with Crippen molar-refractivity contribution in [2.45, 2.75) is 13.8 Å². The maximum absolute atomic E-state index is 12.3. The molecule has 0 aliphatic heterocycles. The number of rotatable bonds is 6. The largest absolute Gasteiger partial charge is 0.394 e. The summed E-state index contributed by atoms with van der Waals surface area (Å²) in [5, 5.41) is 11.4. The van der Waals surface area contributed by atoms with Crippen LogP contribution >= 0.6 is 15.9 Å². The number of imidazole rings is 1. The number of pyridine rings is 1. The zero-order valence-corrected chi connectivity index (χ0v) is 13.6. The van der Waals surface area contributed by atoms with Crippen LogP contribution in [0, 0.1) is 13.8 Å². The van der Waals surface area contributed by atoms with Crippen molar-refractivity contribution in [3.8, 4) is 0 Å². The summed E-state index contributed by atoms with van der Waals surface area (Å²) in [5.74, 6) is -0.190. The lowest BCUT2D eigenvalue weighted by Gasteiger charge is -2.07. The van der Waals surface area contributed by atoms with Crippen molar-refractivity contribution in [1.82, 2.24) is 14.7 Å². The second-order valence-electron chi connectivity index (χ2n) is 4.67. The van der Waals surface area contributed by atoms with Gasteiger partial charge in [0.15, 0.2) is 0 Å². The number of aryl methyl sites for hydroxylation is 2. The summed E-state index contributed by atoms with van der Waals surface area (Å²) in [6.45, 7) is 4.78. The van der Waals surface area contributed by atoms with Crippen LogP contribution in [0.15, 0.2) is 16.7 Å². The monoisotopic (exact) mass is 355 g/mol. The summed E-state index contributed by atoms with van der Waals surface area (Å²) in [4.78, 5) is 16.8. The molecule has 6 nitrogen and oxygen atoms in total. The molecule has 0 fully saturated rings. The normalized spacial score (nSPS) is 11.0. The predicted octanol–water partition coefficient (Wildman–Crippen LogP) is 1.45. The lowest BCUT2D eigenvalue weighted by atomic mass is 10.3. The smallest absolute Gasteiger partial charge is 0.270 e. The Morgan fingerprint density at radius 1 is 1.48 bits per heavy atom. The van der Waals surface area contributed by atoms with Gasteiger partial charge < -0.3 is 15.2 Å². The Bertz CT molecular complexity index is 654. The molecule has 2 heterocycles. The standard InChI is InChI=1S/C14H18BrN3O3/c1-9-7-11(15)8-18-12(10(2)17-13(9)18)14(20)16-3-5-21-6-4-19/h7-8,19H,3-6H2,1-2H3,(H,16,20). The third-order valence-corrected chi connectivity index (χ3v) is 3.46. The molecule has 21 heavy (non-hydrogen) atoms. The molecular formula is C14H18BrN3O3. The first-order valence-electron chi connectivity index (χ1n) is 6.66. The number of carbonyl (C=O) groups excluding carboxylic acids is 1. The number of fused-ring (bicyclic) bond motifs is 1.